The van der Waals surface area contributed by atoms with Gasteiger partial charge in [0.1, 0.15) is 5.75 Å². The lowest BCUT2D eigenvalue weighted by Crippen LogP contribution is -2.38. The van der Waals surface area contributed by atoms with Crippen molar-refractivity contribution < 1.29 is 17.9 Å². The molecule has 0 atom stereocenters. The lowest BCUT2D eigenvalue weighted by molar-refractivity contribution is -0.116. The molecule has 26 heavy (non-hydrogen) atoms. The molecule has 0 aliphatic carbocycles. The molecule has 1 amide bonds. The first-order valence-electron chi connectivity index (χ1n) is 8.31. The van der Waals surface area contributed by atoms with Gasteiger partial charge in [0, 0.05) is 18.1 Å². The molecule has 0 aliphatic rings. The second-order valence-electron chi connectivity index (χ2n) is 5.61. The number of rotatable bonds is 10. The number of benzene rings is 1. The molecule has 1 heterocycles. The standard InChI is InChI=1S/C17H23N3O4S2/c1-3-4-5-11-20(13-16(21)19-17-18-10-12-25-17)26(22,23)15-8-6-14(24-2)7-9-15/h6-10,12H,3-5,11,13H2,1-2H3,(H,18,19,21). The number of carbonyl (C=O) groups is 1. The summed E-state index contributed by atoms with van der Waals surface area (Å²) in [5.41, 5.74) is 0. The summed E-state index contributed by atoms with van der Waals surface area (Å²) in [4.78, 5) is 16.4. The highest BCUT2D eigenvalue weighted by Crippen LogP contribution is 2.20. The zero-order valence-electron chi connectivity index (χ0n) is 14.8. The average Bonchev–Trinajstić information content (AvgIpc) is 3.14. The topological polar surface area (TPSA) is 88.6 Å². The number of unbranched alkanes of at least 4 members (excludes halogenated alkanes) is 2. The van der Waals surface area contributed by atoms with Crippen LogP contribution in [0.25, 0.3) is 0 Å². The molecular weight excluding hydrogens is 374 g/mol. The number of amides is 1. The molecule has 1 aromatic carbocycles. The number of ether oxygens (including phenoxy) is 1. The summed E-state index contributed by atoms with van der Waals surface area (Å²) in [6, 6.07) is 6.15. The Kier molecular flexibility index (Phi) is 7.55. The van der Waals surface area contributed by atoms with Crippen LogP contribution in [0.1, 0.15) is 26.2 Å². The summed E-state index contributed by atoms with van der Waals surface area (Å²) in [6.07, 6.45) is 4.12. The Labute approximate surface area is 158 Å². The lowest BCUT2D eigenvalue weighted by atomic mass is 10.2. The number of nitrogens with one attached hydrogen (secondary N) is 1. The van der Waals surface area contributed by atoms with Crippen LogP contribution in [0, 0.1) is 0 Å². The van der Waals surface area contributed by atoms with Crippen molar-refractivity contribution in [2.24, 2.45) is 0 Å². The van der Waals surface area contributed by atoms with Crippen LogP contribution in [0.5, 0.6) is 5.75 Å². The van der Waals surface area contributed by atoms with Crippen molar-refractivity contribution in [3.63, 3.8) is 0 Å². The van der Waals surface area contributed by atoms with Crippen molar-refractivity contribution in [3.05, 3.63) is 35.8 Å². The Morgan fingerprint density at radius 1 is 1.27 bits per heavy atom. The van der Waals surface area contributed by atoms with Crippen molar-refractivity contribution in [2.45, 2.75) is 31.1 Å². The van der Waals surface area contributed by atoms with E-state index in [0.29, 0.717) is 17.3 Å². The van der Waals surface area contributed by atoms with Crippen molar-refractivity contribution in [3.8, 4) is 5.75 Å². The van der Waals surface area contributed by atoms with Crippen molar-refractivity contribution in [1.82, 2.24) is 9.29 Å². The van der Waals surface area contributed by atoms with Crippen molar-refractivity contribution >= 4 is 32.4 Å². The Morgan fingerprint density at radius 3 is 2.58 bits per heavy atom. The zero-order chi connectivity index (χ0) is 19.0. The predicted molar refractivity (Wildman–Crippen MR) is 102 cm³/mol. The Balaban J connectivity index is 2.16. The van der Waals surface area contributed by atoms with Crippen LogP contribution >= 0.6 is 11.3 Å². The van der Waals surface area contributed by atoms with Gasteiger partial charge in [0.2, 0.25) is 15.9 Å². The number of nitrogens with zero attached hydrogens (tertiary/aromatic N) is 2. The molecule has 0 spiro atoms. The van der Waals surface area contributed by atoms with Gasteiger partial charge in [-0.1, -0.05) is 19.8 Å². The van der Waals surface area contributed by atoms with E-state index < -0.39 is 15.9 Å². The van der Waals surface area contributed by atoms with Gasteiger partial charge in [-0.15, -0.1) is 11.3 Å². The van der Waals surface area contributed by atoms with Crippen LogP contribution in [0.3, 0.4) is 0 Å². The molecular formula is C17H23N3O4S2. The fraction of sp³-hybridized carbons (Fsp3) is 0.412. The molecule has 0 radical (unpaired) electrons. The summed E-state index contributed by atoms with van der Waals surface area (Å²) < 4.78 is 32.2. The first-order chi connectivity index (χ1) is 12.5. The van der Waals surface area contributed by atoms with Gasteiger partial charge in [0.15, 0.2) is 5.13 Å². The van der Waals surface area contributed by atoms with E-state index in [0.717, 1.165) is 12.8 Å². The van der Waals surface area contributed by atoms with Gasteiger partial charge in [-0.3, -0.25) is 4.79 Å². The molecule has 7 nitrogen and oxygen atoms in total. The first kappa shape index (κ1) is 20.3. The Hall–Kier alpha value is -1.97. The maximum Gasteiger partial charge on any atom is 0.243 e. The van der Waals surface area contributed by atoms with E-state index >= 15 is 0 Å². The molecule has 0 saturated heterocycles. The molecule has 1 N–H and O–H groups in total. The number of sulfonamides is 1. The molecule has 9 heteroatoms. The average molecular weight is 398 g/mol. The summed E-state index contributed by atoms with van der Waals surface area (Å²) in [5.74, 6) is 0.163. The smallest absolute Gasteiger partial charge is 0.243 e. The number of hydrogen-bond acceptors (Lipinski definition) is 6. The molecule has 142 valence electrons. The quantitative estimate of drug-likeness (QED) is 0.623. The molecule has 2 aromatic rings. The highest BCUT2D eigenvalue weighted by atomic mass is 32.2. The highest BCUT2D eigenvalue weighted by Gasteiger charge is 2.26. The van der Waals surface area contributed by atoms with Gasteiger partial charge in [0.25, 0.3) is 0 Å². The third-order valence-electron chi connectivity index (χ3n) is 3.71. The summed E-state index contributed by atoms with van der Waals surface area (Å²) in [7, 11) is -2.26. The van der Waals surface area contributed by atoms with Crippen LogP contribution in [-0.4, -0.2) is 43.8 Å². The third-order valence-corrected chi connectivity index (χ3v) is 6.25. The fourth-order valence-electron chi connectivity index (χ4n) is 2.32. The largest absolute Gasteiger partial charge is 0.497 e. The number of carbonyl (C=O) groups excluding carboxylic acids is 1. The third kappa shape index (κ3) is 5.52. The normalized spacial score (nSPS) is 11.5. The second kappa shape index (κ2) is 9.65. The number of thiazole rings is 1. The van der Waals surface area contributed by atoms with Gasteiger partial charge >= 0.3 is 0 Å². The molecule has 0 saturated carbocycles. The van der Waals surface area contributed by atoms with E-state index in [9.17, 15) is 13.2 Å². The van der Waals surface area contributed by atoms with E-state index in [4.69, 9.17) is 4.74 Å². The van der Waals surface area contributed by atoms with E-state index in [2.05, 4.69) is 10.3 Å². The number of methoxy groups -OCH3 is 1. The summed E-state index contributed by atoms with van der Waals surface area (Å²) in [5, 5.41) is 4.82. The first-order valence-corrected chi connectivity index (χ1v) is 10.6. The molecule has 0 bridgehead atoms. The summed E-state index contributed by atoms with van der Waals surface area (Å²) >= 11 is 1.28. The number of hydrogen-bond donors (Lipinski definition) is 1. The zero-order valence-corrected chi connectivity index (χ0v) is 16.5. The van der Waals surface area contributed by atoms with Gasteiger partial charge in [-0.05, 0) is 30.7 Å². The van der Waals surface area contributed by atoms with E-state index in [1.165, 1.54) is 34.9 Å². The van der Waals surface area contributed by atoms with Crippen molar-refractivity contribution in [1.29, 1.82) is 0 Å². The van der Waals surface area contributed by atoms with Gasteiger partial charge < -0.3 is 10.1 Å². The predicted octanol–water partition coefficient (Wildman–Crippen LogP) is 2.97. The Bertz CT molecular complexity index is 790. The molecule has 0 aliphatic heterocycles. The Morgan fingerprint density at radius 2 is 2.00 bits per heavy atom. The van der Waals surface area contributed by atoms with Crippen LogP contribution < -0.4 is 10.1 Å². The summed E-state index contributed by atoms with van der Waals surface area (Å²) in [6.45, 7) is 2.07. The van der Waals surface area contributed by atoms with Crippen LogP contribution in [0.2, 0.25) is 0 Å². The molecule has 0 unspecified atom stereocenters. The monoisotopic (exact) mass is 397 g/mol. The van der Waals surface area contributed by atoms with Crippen LogP contribution in [-0.2, 0) is 14.8 Å². The van der Waals surface area contributed by atoms with E-state index in [1.807, 2.05) is 6.92 Å². The van der Waals surface area contributed by atoms with Gasteiger partial charge in [0.05, 0.1) is 18.6 Å². The minimum atomic E-state index is -3.78. The second-order valence-corrected chi connectivity index (χ2v) is 8.44. The van der Waals surface area contributed by atoms with Crippen molar-refractivity contribution in [2.75, 3.05) is 25.5 Å². The number of anilines is 1. The molecule has 0 fully saturated rings. The molecule has 2 rings (SSSR count). The highest BCUT2D eigenvalue weighted by molar-refractivity contribution is 7.89. The van der Waals surface area contributed by atoms with Crippen LogP contribution in [0.15, 0.2) is 40.7 Å². The van der Waals surface area contributed by atoms with E-state index in [-0.39, 0.29) is 18.0 Å². The van der Waals surface area contributed by atoms with Gasteiger partial charge in [-0.25, -0.2) is 13.4 Å². The van der Waals surface area contributed by atoms with Gasteiger partial charge in [-0.2, -0.15) is 4.31 Å². The maximum absolute atomic E-state index is 13.0. The minimum absolute atomic E-state index is 0.136. The maximum atomic E-state index is 13.0. The molecule has 1 aromatic heterocycles. The minimum Gasteiger partial charge on any atom is -0.497 e. The number of aromatic nitrogens is 1. The fourth-order valence-corrected chi connectivity index (χ4v) is 4.30. The lowest BCUT2D eigenvalue weighted by Gasteiger charge is -2.21. The van der Waals surface area contributed by atoms with E-state index in [1.54, 1.807) is 23.7 Å². The van der Waals surface area contributed by atoms with Crippen LogP contribution in [0.4, 0.5) is 5.13 Å². The SMILES string of the molecule is CCCCCN(CC(=O)Nc1nccs1)S(=O)(=O)c1ccc(OC)cc1.